The molecule has 0 spiro atoms. The zero-order valence-corrected chi connectivity index (χ0v) is 21.5. The molecule has 7 nitrogen and oxygen atoms in total. The van der Waals surface area contributed by atoms with Gasteiger partial charge in [0.2, 0.25) is 0 Å². The van der Waals surface area contributed by atoms with Crippen molar-refractivity contribution in [3.63, 3.8) is 0 Å². The molecule has 1 aromatic carbocycles. The molecule has 3 aliphatic rings. The Morgan fingerprint density at radius 1 is 1.11 bits per heavy atom. The molecule has 0 bridgehead atoms. The molecule has 36 heavy (non-hydrogen) atoms. The van der Waals surface area contributed by atoms with Gasteiger partial charge in [0.1, 0.15) is 4.21 Å². The number of rotatable bonds is 6. The van der Waals surface area contributed by atoms with Crippen molar-refractivity contribution in [2.45, 2.75) is 41.5 Å². The monoisotopic (exact) mass is 545 g/mol. The maximum absolute atomic E-state index is 13.3. The summed E-state index contributed by atoms with van der Waals surface area (Å²) in [5.41, 5.74) is -2.49. The Hall–Kier alpha value is -1.70. The fourth-order valence-corrected chi connectivity index (χ4v) is 8.04. The third kappa shape index (κ3) is 4.79. The number of piperazine rings is 1. The van der Waals surface area contributed by atoms with Crippen molar-refractivity contribution in [3.05, 3.63) is 47.3 Å². The minimum absolute atomic E-state index is 0.193. The zero-order chi connectivity index (χ0) is 25.7. The van der Waals surface area contributed by atoms with E-state index in [-0.39, 0.29) is 30.8 Å². The van der Waals surface area contributed by atoms with Crippen LogP contribution in [0.15, 0.2) is 46.0 Å². The van der Waals surface area contributed by atoms with Gasteiger partial charge in [0.05, 0.1) is 12.1 Å². The summed E-state index contributed by atoms with van der Waals surface area (Å²) in [5, 5.41) is 11.8. The molecule has 0 radical (unpaired) electrons. The molecule has 1 aromatic heterocycles. The van der Waals surface area contributed by atoms with Crippen LogP contribution in [-0.4, -0.2) is 86.9 Å². The van der Waals surface area contributed by atoms with Gasteiger partial charge in [-0.2, -0.15) is 17.5 Å². The summed E-state index contributed by atoms with van der Waals surface area (Å²) < 4.78 is 74.0. The molecule has 0 amide bonds. The van der Waals surface area contributed by atoms with Crippen molar-refractivity contribution < 1.29 is 31.4 Å². The van der Waals surface area contributed by atoms with Crippen LogP contribution in [0.5, 0.6) is 0 Å². The van der Waals surface area contributed by atoms with E-state index in [4.69, 9.17) is 4.74 Å². The number of hydrogen-bond acceptors (Lipinski definition) is 7. The molecule has 3 saturated heterocycles. The summed E-state index contributed by atoms with van der Waals surface area (Å²) >= 11 is 1.19. The largest absolute Gasteiger partial charge is 0.421 e. The van der Waals surface area contributed by atoms with Gasteiger partial charge in [0, 0.05) is 57.5 Å². The Bertz CT molecular complexity index is 1140. The van der Waals surface area contributed by atoms with Crippen LogP contribution < -0.4 is 4.90 Å². The van der Waals surface area contributed by atoms with Gasteiger partial charge in [-0.15, -0.1) is 11.3 Å². The number of sulfonamides is 1. The van der Waals surface area contributed by atoms with E-state index in [1.165, 1.54) is 27.8 Å². The van der Waals surface area contributed by atoms with Crippen LogP contribution in [-0.2, 0) is 20.4 Å². The Balaban J connectivity index is 1.38. The summed E-state index contributed by atoms with van der Waals surface area (Å²) in [7, 11) is -3.62. The molecule has 3 aliphatic heterocycles. The normalized spacial score (nSPS) is 27.8. The fourth-order valence-electron chi connectivity index (χ4n) is 5.43. The first-order valence-electron chi connectivity index (χ1n) is 12.0. The lowest BCUT2D eigenvalue weighted by molar-refractivity contribution is -0.258. The van der Waals surface area contributed by atoms with E-state index in [2.05, 4.69) is 9.80 Å². The molecule has 0 unspecified atom stereocenters. The third-order valence-corrected chi connectivity index (χ3v) is 10.8. The van der Waals surface area contributed by atoms with Gasteiger partial charge < -0.3 is 14.7 Å². The highest BCUT2D eigenvalue weighted by molar-refractivity contribution is 7.91. The van der Waals surface area contributed by atoms with E-state index in [1.807, 2.05) is 0 Å². The highest BCUT2D eigenvalue weighted by Crippen LogP contribution is 2.39. The summed E-state index contributed by atoms with van der Waals surface area (Å²) in [4.78, 5) is 4.37. The van der Waals surface area contributed by atoms with E-state index in [0.29, 0.717) is 28.9 Å². The molecule has 12 heteroatoms. The average molecular weight is 546 g/mol. The number of ether oxygens (including phenoxy) is 1. The van der Waals surface area contributed by atoms with Crippen molar-refractivity contribution >= 4 is 27.0 Å². The van der Waals surface area contributed by atoms with Crippen molar-refractivity contribution in [1.29, 1.82) is 0 Å². The van der Waals surface area contributed by atoms with Gasteiger partial charge in [-0.1, -0.05) is 18.2 Å². The maximum atomic E-state index is 13.3. The summed E-state index contributed by atoms with van der Waals surface area (Å²) in [6.07, 6.45) is -3.57. The second-order valence-electron chi connectivity index (χ2n) is 9.94. The SMILES string of the molecule is C[C@](O)(c1ccc(N2CCN(S(=O)(=O)c3cccs3)C[C@@H]2CN2C[C@@H]3CCO[C@@H]3C2)cc1)C(F)(F)F. The van der Waals surface area contributed by atoms with Crippen molar-refractivity contribution in [1.82, 2.24) is 9.21 Å². The first-order chi connectivity index (χ1) is 17.0. The third-order valence-electron chi connectivity index (χ3n) is 7.59. The molecule has 0 aliphatic carbocycles. The smallest absolute Gasteiger partial charge is 0.377 e. The predicted octanol–water partition coefficient (Wildman–Crippen LogP) is 3.12. The van der Waals surface area contributed by atoms with E-state index in [1.54, 1.807) is 29.6 Å². The fraction of sp³-hybridized carbons (Fsp3) is 0.583. The van der Waals surface area contributed by atoms with Crippen LogP contribution in [0.4, 0.5) is 18.9 Å². The van der Waals surface area contributed by atoms with Crippen LogP contribution in [0.2, 0.25) is 0 Å². The Morgan fingerprint density at radius 2 is 1.86 bits per heavy atom. The number of aliphatic hydroxyl groups is 1. The standard InChI is InChI=1S/C24H30F3N3O4S2/c1-23(31,24(25,26)27)18-4-6-19(7-5-18)30-10-9-29(36(32,33)22-3-2-12-35-22)15-20(30)14-28-13-17-8-11-34-21(17)16-28/h2-7,12,17,20-21,31H,8-11,13-16H2,1H3/t17-,20-,21+,23-/m0/s1. The van der Waals surface area contributed by atoms with Gasteiger partial charge in [-0.05, 0) is 42.5 Å². The molecule has 3 fully saturated rings. The first kappa shape index (κ1) is 25.9. The first-order valence-corrected chi connectivity index (χ1v) is 14.3. The Labute approximate surface area is 213 Å². The molecule has 5 rings (SSSR count). The molecule has 4 heterocycles. The lowest BCUT2D eigenvalue weighted by atomic mass is 9.95. The van der Waals surface area contributed by atoms with E-state index < -0.39 is 21.8 Å². The molecule has 0 saturated carbocycles. The van der Waals surface area contributed by atoms with Crippen molar-refractivity contribution in [3.8, 4) is 0 Å². The van der Waals surface area contributed by atoms with Gasteiger partial charge in [-0.3, -0.25) is 4.90 Å². The minimum Gasteiger partial charge on any atom is -0.377 e. The number of hydrogen-bond donors (Lipinski definition) is 1. The number of thiophene rings is 1. The molecular formula is C24H30F3N3O4S2. The molecular weight excluding hydrogens is 515 g/mol. The highest BCUT2D eigenvalue weighted by atomic mass is 32.2. The maximum Gasteiger partial charge on any atom is 0.421 e. The Morgan fingerprint density at radius 3 is 2.50 bits per heavy atom. The number of anilines is 1. The zero-order valence-electron chi connectivity index (χ0n) is 19.9. The molecule has 4 atom stereocenters. The summed E-state index contributed by atoms with van der Waals surface area (Å²) in [6.45, 7) is 4.77. The quantitative estimate of drug-likeness (QED) is 0.602. The second-order valence-corrected chi connectivity index (χ2v) is 13.0. The average Bonchev–Trinajstić information content (AvgIpc) is 3.57. The number of alkyl halides is 3. The van der Waals surface area contributed by atoms with Crippen molar-refractivity contribution in [2.75, 3.05) is 50.8 Å². The van der Waals surface area contributed by atoms with Crippen LogP contribution >= 0.6 is 11.3 Å². The topological polar surface area (TPSA) is 73.3 Å². The number of nitrogens with zero attached hydrogens (tertiary/aromatic N) is 3. The van der Waals surface area contributed by atoms with E-state index >= 15 is 0 Å². The number of fused-ring (bicyclic) bond motifs is 1. The number of likely N-dealkylation sites (tertiary alicyclic amines) is 1. The minimum atomic E-state index is -4.80. The lowest BCUT2D eigenvalue weighted by Gasteiger charge is -2.43. The molecule has 2 aromatic rings. The van der Waals surface area contributed by atoms with E-state index in [9.17, 15) is 26.7 Å². The molecule has 198 valence electrons. The summed E-state index contributed by atoms with van der Waals surface area (Å²) in [5.74, 6) is 0.483. The van der Waals surface area contributed by atoms with Crippen molar-refractivity contribution in [2.24, 2.45) is 5.92 Å². The van der Waals surface area contributed by atoms with Gasteiger partial charge in [0.15, 0.2) is 5.60 Å². The van der Waals surface area contributed by atoms with Gasteiger partial charge >= 0.3 is 6.18 Å². The number of halogens is 3. The van der Waals surface area contributed by atoms with E-state index in [0.717, 1.165) is 33.0 Å². The van der Waals surface area contributed by atoms with Gasteiger partial charge in [-0.25, -0.2) is 8.42 Å². The van der Waals surface area contributed by atoms with Crippen LogP contribution in [0.1, 0.15) is 18.9 Å². The van der Waals surface area contributed by atoms with Crippen LogP contribution in [0.25, 0.3) is 0 Å². The number of benzene rings is 1. The molecule has 1 N–H and O–H groups in total. The van der Waals surface area contributed by atoms with Crippen LogP contribution in [0.3, 0.4) is 0 Å². The summed E-state index contributed by atoms with van der Waals surface area (Å²) in [6, 6.07) is 8.87. The van der Waals surface area contributed by atoms with Gasteiger partial charge in [0.25, 0.3) is 10.0 Å². The predicted molar refractivity (Wildman–Crippen MR) is 131 cm³/mol. The highest BCUT2D eigenvalue weighted by Gasteiger charge is 2.51. The Kier molecular flexibility index (Phi) is 6.88. The second kappa shape index (κ2) is 9.55. The van der Waals surface area contributed by atoms with Crippen LogP contribution in [0, 0.1) is 5.92 Å². The lowest BCUT2D eigenvalue weighted by Crippen LogP contribution is -2.58.